The molecule has 130 valence electrons. The Balaban J connectivity index is 1.55. The van der Waals surface area contributed by atoms with Crippen LogP contribution < -0.4 is 16.3 Å². The third-order valence-corrected chi connectivity index (χ3v) is 4.14. The van der Waals surface area contributed by atoms with Crippen LogP contribution in [-0.4, -0.2) is 28.4 Å². The molecule has 7 nitrogen and oxygen atoms in total. The number of phenolic OH excluding ortho intramolecular Hbond substituents is 2. The third-order valence-electron chi connectivity index (χ3n) is 3.88. The van der Waals surface area contributed by atoms with E-state index in [0.717, 1.165) is 5.56 Å². The monoisotopic (exact) mass is 360 g/mol. The van der Waals surface area contributed by atoms with Gasteiger partial charge in [-0.2, -0.15) is 5.10 Å². The lowest BCUT2D eigenvalue weighted by atomic mass is 10.0. The van der Waals surface area contributed by atoms with Crippen LogP contribution in [0.5, 0.6) is 11.5 Å². The highest BCUT2D eigenvalue weighted by Gasteiger charge is 2.29. The van der Waals surface area contributed by atoms with Crippen molar-refractivity contribution in [3.8, 4) is 11.5 Å². The third kappa shape index (κ3) is 4.27. The van der Waals surface area contributed by atoms with Crippen LogP contribution in [0.15, 0.2) is 47.6 Å². The summed E-state index contributed by atoms with van der Waals surface area (Å²) in [4.78, 5) is 12.2. The van der Waals surface area contributed by atoms with Crippen molar-refractivity contribution in [3.63, 3.8) is 0 Å². The minimum absolute atomic E-state index is 0.00172. The van der Waals surface area contributed by atoms with Gasteiger partial charge in [0, 0.05) is 22.7 Å². The van der Waals surface area contributed by atoms with E-state index in [4.69, 9.17) is 11.6 Å². The Morgan fingerprint density at radius 3 is 2.68 bits per heavy atom. The summed E-state index contributed by atoms with van der Waals surface area (Å²) in [5.74, 6) is -0.465. The summed E-state index contributed by atoms with van der Waals surface area (Å²) in [6.45, 7) is 0. The van der Waals surface area contributed by atoms with Crippen molar-refractivity contribution in [2.75, 3.05) is 0 Å². The van der Waals surface area contributed by atoms with Crippen LogP contribution in [0, 0.1) is 0 Å². The Bertz CT molecular complexity index is 795. The van der Waals surface area contributed by atoms with Crippen LogP contribution >= 0.6 is 11.6 Å². The zero-order valence-electron chi connectivity index (χ0n) is 13.1. The number of aromatic hydroxyl groups is 2. The number of nitrogens with one attached hydrogen (secondary N) is 3. The predicted molar refractivity (Wildman–Crippen MR) is 94.4 cm³/mol. The van der Waals surface area contributed by atoms with E-state index in [1.165, 1.54) is 24.4 Å². The molecular formula is C17H17ClN4O3. The molecule has 2 aromatic rings. The number of carbonyl (C=O) groups is 1. The van der Waals surface area contributed by atoms with Gasteiger partial charge in [0.05, 0.1) is 6.21 Å². The predicted octanol–water partition coefficient (Wildman–Crippen LogP) is 1.81. The van der Waals surface area contributed by atoms with Gasteiger partial charge in [0.15, 0.2) is 0 Å². The van der Waals surface area contributed by atoms with Gasteiger partial charge in [-0.15, -0.1) is 0 Å². The number of hydrogen-bond donors (Lipinski definition) is 5. The second-order valence-corrected chi connectivity index (χ2v) is 6.09. The minimum atomic E-state index is -0.439. The first-order valence-electron chi connectivity index (χ1n) is 7.64. The Hall–Kier alpha value is -2.61. The summed E-state index contributed by atoms with van der Waals surface area (Å²) >= 11 is 5.88. The van der Waals surface area contributed by atoms with Crippen LogP contribution in [0.4, 0.5) is 0 Å². The number of halogens is 1. The lowest BCUT2D eigenvalue weighted by Crippen LogP contribution is -2.41. The highest BCUT2D eigenvalue weighted by molar-refractivity contribution is 6.30. The lowest BCUT2D eigenvalue weighted by molar-refractivity contribution is -0.122. The Kier molecular flexibility index (Phi) is 5.18. The summed E-state index contributed by atoms with van der Waals surface area (Å²) < 4.78 is 0. The van der Waals surface area contributed by atoms with E-state index < -0.39 is 6.04 Å². The van der Waals surface area contributed by atoms with E-state index in [2.05, 4.69) is 21.4 Å². The highest BCUT2D eigenvalue weighted by atomic mass is 35.5. The van der Waals surface area contributed by atoms with Gasteiger partial charge in [0.2, 0.25) is 0 Å². The van der Waals surface area contributed by atoms with Crippen molar-refractivity contribution in [1.82, 2.24) is 16.3 Å². The van der Waals surface area contributed by atoms with Crippen molar-refractivity contribution in [1.29, 1.82) is 0 Å². The topological polar surface area (TPSA) is 106 Å². The second kappa shape index (κ2) is 7.52. The highest BCUT2D eigenvalue weighted by Crippen LogP contribution is 2.24. The molecule has 0 aromatic heterocycles. The minimum Gasteiger partial charge on any atom is -0.508 e. The van der Waals surface area contributed by atoms with E-state index in [0.29, 0.717) is 17.0 Å². The van der Waals surface area contributed by atoms with E-state index in [1.54, 1.807) is 12.1 Å². The number of benzene rings is 2. The molecule has 1 amide bonds. The van der Waals surface area contributed by atoms with Crippen LogP contribution in [0.1, 0.15) is 23.6 Å². The zero-order chi connectivity index (χ0) is 17.8. The molecule has 8 heteroatoms. The molecule has 0 bridgehead atoms. The molecule has 0 saturated carbocycles. The quantitative estimate of drug-likeness (QED) is 0.422. The van der Waals surface area contributed by atoms with Gasteiger partial charge in [-0.1, -0.05) is 23.7 Å². The van der Waals surface area contributed by atoms with Crippen molar-refractivity contribution in [3.05, 3.63) is 58.6 Å². The molecule has 2 atom stereocenters. The molecule has 1 aliphatic rings. The maximum atomic E-state index is 12.2. The summed E-state index contributed by atoms with van der Waals surface area (Å²) in [6.07, 6.45) is 1.87. The average molecular weight is 361 g/mol. The molecule has 1 saturated heterocycles. The maximum absolute atomic E-state index is 12.2. The first kappa shape index (κ1) is 17.2. The van der Waals surface area contributed by atoms with Gasteiger partial charge in [-0.05, 0) is 36.2 Å². The molecule has 2 aromatic carbocycles. The summed E-state index contributed by atoms with van der Waals surface area (Å²) in [7, 11) is 0. The maximum Gasteiger partial charge on any atom is 0.258 e. The fraction of sp³-hybridized carbons (Fsp3) is 0.176. The van der Waals surface area contributed by atoms with Crippen molar-refractivity contribution in [2.24, 2.45) is 5.10 Å². The van der Waals surface area contributed by atoms with Crippen molar-refractivity contribution < 1.29 is 15.0 Å². The summed E-state index contributed by atoms with van der Waals surface area (Å²) in [5, 5.41) is 23.4. The van der Waals surface area contributed by atoms with E-state index >= 15 is 0 Å². The fourth-order valence-corrected chi connectivity index (χ4v) is 2.65. The van der Waals surface area contributed by atoms with E-state index in [-0.39, 0.29) is 23.4 Å². The van der Waals surface area contributed by atoms with E-state index in [1.807, 2.05) is 12.1 Å². The Labute approximate surface area is 149 Å². The largest absolute Gasteiger partial charge is 0.508 e. The number of hydrazone groups is 1. The van der Waals surface area contributed by atoms with Gasteiger partial charge in [0.25, 0.3) is 5.91 Å². The number of carbonyl (C=O) groups excluding carboxylic acids is 1. The molecule has 0 radical (unpaired) electrons. The normalized spacial score (nSPS) is 20.0. The smallest absolute Gasteiger partial charge is 0.258 e. The standard InChI is InChI=1S/C17H17ClN4O3/c18-12-4-1-10(2-5-12)14-8-15(21-20-14)17(25)22-19-9-11-3-6-13(23)7-16(11)24/h1-7,9,14-15,20-21,23-24H,8H2,(H,22,25)/b19-9+. The number of hydrazine groups is 1. The molecule has 2 unspecified atom stereocenters. The van der Waals surface area contributed by atoms with Crippen molar-refractivity contribution in [2.45, 2.75) is 18.5 Å². The Morgan fingerprint density at radius 1 is 1.20 bits per heavy atom. The SMILES string of the molecule is O=C(N/N=C/c1ccc(O)cc1O)C1CC(c2ccc(Cl)cc2)NN1. The molecule has 1 aliphatic heterocycles. The molecule has 3 rings (SSSR count). The van der Waals surface area contributed by atoms with E-state index in [9.17, 15) is 15.0 Å². The van der Waals surface area contributed by atoms with Crippen LogP contribution in [0.3, 0.4) is 0 Å². The van der Waals surface area contributed by atoms with Crippen LogP contribution in [0.2, 0.25) is 5.02 Å². The van der Waals surface area contributed by atoms with Gasteiger partial charge in [-0.3, -0.25) is 4.79 Å². The number of amides is 1. The molecule has 1 fully saturated rings. The molecule has 1 heterocycles. The summed E-state index contributed by atoms with van der Waals surface area (Å²) in [6, 6.07) is 11.1. The number of hydrogen-bond acceptors (Lipinski definition) is 6. The van der Waals surface area contributed by atoms with Gasteiger partial charge >= 0.3 is 0 Å². The summed E-state index contributed by atoms with van der Waals surface area (Å²) in [5.41, 5.74) is 9.85. The van der Waals surface area contributed by atoms with Gasteiger partial charge in [0.1, 0.15) is 17.5 Å². The molecule has 5 N–H and O–H groups in total. The molecular weight excluding hydrogens is 344 g/mol. The Morgan fingerprint density at radius 2 is 1.96 bits per heavy atom. The van der Waals surface area contributed by atoms with Crippen LogP contribution in [0.25, 0.3) is 0 Å². The lowest BCUT2D eigenvalue weighted by Gasteiger charge is -2.09. The number of nitrogens with zero attached hydrogens (tertiary/aromatic N) is 1. The fourth-order valence-electron chi connectivity index (χ4n) is 2.53. The first-order valence-corrected chi connectivity index (χ1v) is 8.02. The second-order valence-electron chi connectivity index (χ2n) is 5.66. The molecule has 0 aliphatic carbocycles. The van der Waals surface area contributed by atoms with Crippen LogP contribution in [-0.2, 0) is 4.79 Å². The van der Waals surface area contributed by atoms with Gasteiger partial charge in [-0.25, -0.2) is 16.3 Å². The molecule has 25 heavy (non-hydrogen) atoms. The van der Waals surface area contributed by atoms with Crippen molar-refractivity contribution >= 4 is 23.7 Å². The first-order chi connectivity index (χ1) is 12.0. The molecule has 0 spiro atoms. The number of rotatable bonds is 4. The number of phenols is 2. The van der Waals surface area contributed by atoms with Gasteiger partial charge < -0.3 is 10.2 Å². The zero-order valence-corrected chi connectivity index (χ0v) is 13.9. The average Bonchev–Trinajstić information content (AvgIpc) is 3.07.